The molecule has 33 nitrogen and oxygen atoms in total. The molecule has 9 aromatic rings. The van der Waals surface area contributed by atoms with Gasteiger partial charge in [0.15, 0.2) is 122 Å². The van der Waals surface area contributed by atoms with Crippen molar-refractivity contribution >= 4 is 17.9 Å². The summed E-state index contributed by atoms with van der Waals surface area (Å²) in [7, 11) is 0. The molecular formula is C69H58O33. The summed E-state index contributed by atoms with van der Waals surface area (Å²) in [5, 5.41) is 261. The molecule has 0 amide bonds. The summed E-state index contributed by atoms with van der Waals surface area (Å²) >= 11 is 0. The van der Waals surface area contributed by atoms with Crippen molar-refractivity contribution in [3.63, 3.8) is 0 Å². The Morgan fingerprint density at radius 3 is 0.784 bits per heavy atom. The Balaban J connectivity index is 0.0000105. The third-order valence-electron chi connectivity index (χ3n) is 17.2. The molecule has 3 aliphatic rings. The van der Waals surface area contributed by atoms with Crippen LogP contribution in [0.5, 0.6) is 155 Å². The van der Waals surface area contributed by atoms with E-state index in [4.69, 9.17) is 28.4 Å². The number of rotatable bonds is 13. The highest BCUT2D eigenvalue weighted by Crippen LogP contribution is 2.57. The minimum atomic E-state index is -1.87. The zero-order valence-corrected chi connectivity index (χ0v) is 51.0. The van der Waals surface area contributed by atoms with E-state index in [1.807, 2.05) is 0 Å². The minimum Gasteiger partial charge on any atom is -0.507 e. The number of ether oxygens (including phenoxy) is 6. The van der Waals surface area contributed by atoms with E-state index in [1.54, 1.807) is 0 Å². The highest BCUT2D eigenvalue weighted by molar-refractivity contribution is 5.93. The van der Waals surface area contributed by atoms with Crippen LogP contribution >= 0.6 is 0 Å². The number of hydrogen-bond acceptors (Lipinski definition) is 33. The minimum absolute atomic E-state index is 0. The van der Waals surface area contributed by atoms with Gasteiger partial charge in [0.2, 0.25) is 0 Å². The predicted molar refractivity (Wildman–Crippen MR) is 339 cm³/mol. The lowest BCUT2D eigenvalue weighted by atomic mass is 9.84. The molecule has 0 radical (unpaired) electrons. The smallest absolute Gasteiger partial charge is 0.338 e. The first-order valence-electron chi connectivity index (χ1n) is 29.5. The highest BCUT2D eigenvalue weighted by Gasteiger charge is 2.45. The second-order valence-corrected chi connectivity index (χ2v) is 23.6. The molecule has 6 atom stereocenters. The van der Waals surface area contributed by atoms with Gasteiger partial charge in [-0.1, -0.05) is 7.43 Å². The van der Waals surface area contributed by atoms with E-state index in [0.29, 0.717) is 36.4 Å². The van der Waals surface area contributed by atoms with Gasteiger partial charge in [-0.25, -0.2) is 14.4 Å². The summed E-state index contributed by atoms with van der Waals surface area (Å²) in [5.41, 5.74) is -5.96. The molecule has 24 N–H and O–H groups in total. The lowest BCUT2D eigenvalue weighted by molar-refractivity contribution is -0.0197. The van der Waals surface area contributed by atoms with Crippen LogP contribution in [-0.2, 0) is 46.3 Å². The predicted octanol–water partition coefficient (Wildman–Crippen LogP) is 7.14. The van der Waals surface area contributed by atoms with E-state index < -0.39 is 286 Å². The Morgan fingerprint density at radius 1 is 0.275 bits per heavy atom. The van der Waals surface area contributed by atoms with E-state index >= 15 is 0 Å². The Hall–Kier alpha value is -14.0. The quantitative estimate of drug-likeness (QED) is 0.0309. The van der Waals surface area contributed by atoms with E-state index in [0.717, 1.165) is 48.5 Å². The zero-order chi connectivity index (χ0) is 73.0. The first kappa shape index (κ1) is 69.3. The first-order valence-corrected chi connectivity index (χ1v) is 29.5. The van der Waals surface area contributed by atoms with Gasteiger partial charge in [-0.05, 0) is 72.8 Å². The molecule has 102 heavy (non-hydrogen) atoms. The Morgan fingerprint density at radius 2 is 0.510 bits per heavy atom. The largest absolute Gasteiger partial charge is 0.507 e. The second-order valence-electron chi connectivity index (χ2n) is 23.6. The lowest BCUT2D eigenvalue weighted by Crippen LogP contribution is -2.36. The van der Waals surface area contributed by atoms with Crippen LogP contribution in [0, 0.1) is 0 Å². The van der Waals surface area contributed by atoms with Crippen molar-refractivity contribution in [2.45, 2.75) is 76.2 Å². The number of carbonyl (C=O) groups excluding carboxylic acids is 3. The second kappa shape index (κ2) is 25.8. The number of phenolic OH excluding ortho intramolecular Hbond substituents is 24. The number of hydrogen-bond donors (Lipinski definition) is 24. The summed E-state index contributed by atoms with van der Waals surface area (Å²) in [6.07, 6.45) is -14.8. The number of fused-ring (bicyclic) bond motifs is 3. The molecule has 0 unspecified atom stereocenters. The molecule has 3 aliphatic heterocycles. The van der Waals surface area contributed by atoms with E-state index in [2.05, 4.69) is 0 Å². The molecule has 0 spiro atoms. The maximum atomic E-state index is 14.2. The number of benzene rings is 9. The van der Waals surface area contributed by atoms with Gasteiger partial charge in [-0.3, -0.25) is 0 Å². The standard InChI is InChI=1S/C68H54O33.CH4/c69-33-18-35(71)28-15-49(96-66(93)23-7-43(79)57(90)44(80)8-23)60(20-1-37(73)54(87)38(74)2-20)99-63(28)26(33)13-30-52(85)31(65-32(53(30)86)17-51(62(101-65)22-5-41(77)56(89)42(78)6-22)98-68(95)25-11-47(83)59(92)48(84)12-25)14-27-34(70)19-36(72)29-16-50(97-67(94)24-9-45(81)58(91)46(82)10-24)61(100-64(27)29)21-3-39(75)55(88)40(76)4-21;/h1-12,18-19,49-51,60-62,69-92H,13-17H2;1H4/t49-,50+,51-,60-,61+,62+;/m1./s1. The number of carbonyl (C=O) groups is 3. The van der Waals surface area contributed by atoms with Gasteiger partial charge in [0.1, 0.15) is 70.1 Å². The number of phenols is 24. The summed E-state index contributed by atoms with van der Waals surface area (Å²) in [6, 6.07) is 10.8. The molecule has 532 valence electrons. The first-order chi connectivity index (χ1) is 47.7. The number of esters is 3. The van der Waals surface area contributed by atoms with Crippen molar-refractivity contribution in [1.82, 2.24) is 0 Å². The van der Waals surface area contributed by atoms with Crippen LogP contribution in [0.2, 0.25) is 0 Å². The van der Waals surface area contributed by atoms with Gasteiger partial charge < -0.3 is 151 Å². The summed E-state index contributed by atoms with van der Waals surface area (Å²) in [5.74, 6) is -29.1. The third kappa shape index (κ3) is 12.2. The van der Waals surface area contributed by atoms with Crippen molar-refractivity contribution < 1.29 is 165 Å². The van der Waals surface area contributed by atoms with Gasteiger partial charge in [0, 0.05) is 99.9 Å². The molecular weight excluding hydrogens is 1360 g/mol. The molecule has 12 rings (SSSR count). The molecule has 0 saturated heterocycles. The molecule has 0 saturated carbocycles. The van der Waals surface area contributed by atoms with Crippen LogP contribution in [0.25, 0.3) is 0 Å². The molecule has 3 heterocycles. The Kier molecular flexibility index (Phi) is 17.5. The van der Waals surface area contributed by atoms with Crippen LogP contribution in [0.1, 0.15) is 112 Å². The van der Waals surface area contributed by atoms with E-state index in [-0.39, 0.29) is 35.2 Å². The Labute approximate surface area is 570 Å². The van der Waals surface area contributed by atoms with Gasteiger partial charge in [0.05, 0.1) is 16.7 Å². The lowest BCUT2D eigenvalue weighted by Gasteiger charge is -2.37. The van der Waals surface area contributed by atoms with Crippen molar-refractivity contribution in [3.8, 4) is 155 Å². The van der Waals surface area contributed by atoms with Crippen LogP contribution in [-0.4, -0.2) is 159 Å². The van der Waals surface area contributed by atoms with Crippen molar-refractivity contribution in [2.24, 2.45) is 0 Å². The fourth-order valence-electron chi connectivity index (χ4n) is 12.2. The van der Waals surface area contributed by atoms with E-state index in [1.165, 1.54) is 0 Å². The average Bonchev–Trinajstić information content (AvgIpc) is 0.737. The van der Waals surface area contributed by atoms with Crippen LogP contribution in [0.15, 0.2) is 84.9 Å². The maximum absolute atomic E-state index is 14.2. The van der Waals surface area contributed by atoms with E-state index in [9.17, 15) is 137 Å². The fraction of sp³-hybridized carbons (Fsp3) is 0.174. The van der Waals surface area contributed by atoms with Crippen LogP contribution in [0.3, 0.4) is 0 Å². The normalized spacial score (nSPS) is 17.2. The molecule has 9 aromatic carbocycles. The molecule has 0 aromatic heterocycles. The van der Waals surface area contributed by atoms with Gasteiger partial charge in [-0.15, -0.1) is 0 Å². The Bertz CT molecular complexity index is 4860. The number of aromatic hydroxyl groups is 24. The van der Waals surface area contributed by atoms with Gasteiger partial charge in [0.25, 0.3) is 0 Å². The fourth-order valence-corrected chi connectivity index (χ4v) is 12.2. The topological polar surface area (TPSA) is 592 Å². The SMILES string of the molecule is C.O=C(O[C@H]1Cc2c(O)cc(O)c(Cc3c(O)c(Cc4c(O)cc(O)c5c4O[C@H](c4cc(O)c(O)c(O)c4)[C@H](OC(=O)c4cc(O)c(O)c(O)c4)C5)c(O)c4c3O[C@@H](c3cc(O)c(O)c(O)c3)[C@H](OC(=O)c3cc(O)c(O)c(O)c3)C4)c2O[C@H]1c1cc(O)c(O)c(O)c1)c1cc(O)c(O)c(O)c1. The van der Waals surface area contributed by atoms with Crippen molar-refractivity contribution in [2.75, 3.05) is 0 Å². The van der Waals surface area contributed by atoms with Gasteiger partial charge in [-0.2, -0.15) is 0 Å². The average molecular weight is 1420 g/mol. The van der Waals surface area contributed by atoms with Crippen LogP contribution in [0.4, 0.5) is 0 Å². The highest BCUT2D eigenvalue weighted by atomic mass is 16.6. The van der Waals surface area contributed by atoms with Crippen molar-refractivity contribution in [1.29, 1.82) is 0 Å². The van der Waals surface area contributed by atoms with Gasteiger partial charge >= 0.3 is 17.9 Å². The zero-order valence-electron chi connectivity index (χ0n) is 51.0. The van der Waals surface area contributed by atoms with Crippen molar-refractivity contribution in [3.05, 3.63) is 157 Å². The molecule has 0 bridgehead atoms. The summed E-state index contributed by atoms with van der Waals surface area (Å²) in [4.78, 5) is 41.9. The molecule has 33 heteroatoms. The van der Waals surface area contributed by atoms with Crippen LogP contribution < -0.4 is 14.2 Å². The monoisotopic (exact) mass is 1410 g/mol. The molecule has 0 fully saturated rings. The molecule has 0 aliphatic carbocycles. The third-order valence-corrected chi connectivity index (χ3v) is 17.2. The summed E-state index contributed by atoms with van der Waals surface area (Å²) < 4.78 is 37.0. The maximum Gasteiger partial charge on any atom is 0.338 e. The summed E-state index contributed by atoms with van der Waals surface area (Å²) in [6.45, 7) is 0.